The van der Waals surface area contributed by atoms with Crippen LogP contribution in [0.5, 0.6) is 17.2 Å². The number of hydrogen-bond acceptors (Lipinski definition) is 6. The van der Waals surface area contributed by atoms with E-state index >= 15 is 0 Å². The molecule has 23 heavy (non-hydrogen) atoms. The third-order valence-corrected chi connectivity index (χ3v) is 4.05. The van der Waals surface area contributed by atoms with Gasteiger partial charge < -0.3 is 14.2 Å². The first-order valence-electron chi connectivity index (χ1n) is 6.55. The van der Waals surface area contributed by atoms with Gasteiger partial charge in [-0.3, -0.25) is 14.5 Å². The van der Waals surface area contributed by atoms with Crippen molar-refractivity contribution in [1.82, 2.24) is 4.90 Å². The van der Waals surface area contributed by atoms with Crippen molar-refractivity contribution in [3.8, 4) is 29.6 Å². The van der Waals surface area contributed by atoms with Crippen LogP contribution < -0.4 is 14.2 Å². The fourth-order valence-corrected chi connectivity index (χ4v) is 2.94. The van der Waals surface area contributed by atoms with Gasteiger partial charge in [0, 0.05) is 5.56 Å². The summed E-state index contributed by atoms with van der Waals surface area (Å²) in [5, 5.41) is -0.390. The lowest BCUT2D eigenvalue weighted by Crippen LogP contribution is -2.28. The third kappa shape index (κ3) is 3.12. The average molecular weight is 333 g/mol. The number of methoxy groups -OCH3 is 3. The van der Waals surface area contributed by atoms with Gasteiger partial charge in [0.1, 0.15) is 0 Å². The SMILES string of the molecule is C#CCN1C(=O)S/C(=C/c2ccc(OC)c(OC)c2OC)C1=O. The number of carbonyl (C=O) groups is 2. The van der Waals surface area contributed by atoms with Crippen molar-refractivity contribution < 1.29 is 23.8 Å². The maximum atomic E-state index is 12.2. The Labute approximate surface area is 138 Å². The second-order valence-corrected chi connectivity index (χ2v) is 5.39. The molecular formula is C16H15NO5S. The zero-order valence-corrected chi connectivity index (χ0v) is 13.7. The zero-order valence-electron chi connectivity index (χ0n) is 12.9. The minimum Gasteiger partial charge on any atom is -0.493 e. The van der Waals surface area contributed by atoms with Gasteiger partial charge in [-0.05, 0) is 30.0 Å². The molecule has 1 aromatic carbocycles. The molecule has 0 saturated carbocycles. The van der Waals surface area contributed by atoms with Crippen LogP contribution in [0.15, 0.2) is 17.0 Å². The molecule has 1 heterocycles. The molecule has 0 radical (unpaired) electrons. The summed E-state index contributed by atoms with van der Waals surface area (Å²) in [6.45, 7) is -0.0505. The van der Waals surface area contributed by atoms with Crippen LogP contribution in [0, 0.1) is 12.3 Å². The summed E-state index contributed by atoms with van der Waals surface area (Å²) in [6.07, 6.45) is 6.74. The van der Waals surface area contributed by atoms with Gasteiger partial charge in [-0.2, -0.15) is 0 Å². The Morgan fingerprint density at radius 1 is 1.17 bits per heavy atom. The number of rotatable bonds is 5. The number of imide groups is 1. The van der Waals surface area contributed by atoms with Crippen molar-refractivity contribution in [2.75, 3.05) is 27.9 Å². The molecule has 0 unspecified atom stereocenters. The van der Waals surface area contributed by atoms with Crippen molar-refractivity contribution in [1.29, 1.82) is 0 Å². The van der Waals surface area contributed by atoms with Crippen LogP contribution in [0.1, 0.15) is 5.56 Å². The van der Waals surface area contributed by atoms with Gasteiger partial charge in [-0.15, -0.1) is 6.42 Å². The standard InChI is InChI=1S/C16H15NO5S/c1-5-8-17-15(18)12(23-16(17)19)9-10-6-7-11(20-2)14(22-4)13(10)21-3/h1,6-7,9H,8H2,2-4H3/b12-9+. The van der Waals surface area contributed by atoms with E-state index in [1.807, 2.05) is 0 Å². The van der Waals surface area contributed by atoms with E-state index in [9.17, 15) is 9.59 Å². The molecule has 0 atom stereocenters. The third-order valence-electron chi connectivity index (χ3n) is 3.14. The molecule has 1 fully saturated rings. The van der Waals surface area contributed by atoms with Crippen molar-refractivity contribution in [3.63, 3.8) is 0 Å². The van der Waals surface area contributed by atoms with E-state index in [0.29, 0.717) is 22.8 Å². The minimum atomic E-state index is -0.421. The Hall–Kier alpha value is -2.59. The first-order valence-corrected chi connectivity index (χ1v) is 7.36. The summed E-state index contributed by atoms with van der Waals surface area (Å²) in [5.74, 6) is 3.20. The maximum Gasteiger partial charge on any atom is 0.294 e. The first-order chi connectivity index (χ1) is 11.1. The van der Waals surface area contributed by atoms with Crippen LogP contribution in [0.4, 0.5) is 4.79 Å². The number of benzene rings is 1. The van der Waals surface area contributed by atoms with Crippen LogP contribution in [0.3, 0.4) is 0 Å². The van der Waals surface area contributed by atoms with E-state index in [2.05, 4.69) is 5.92 Å². The maximum absolute atomic E-state index is 12.2. The fraction of sp³-hybridized carbons (Fsp3) is 0.250. The zero-order chi connectivity index (χ0) is 17.0. The van der Waals surface area contributed by atoms with E-state index in [1.165, 1.54) is 21.3 Å². The summed E-state index contributed by atoms with van der Waals surface area (Å²) in [5.41, 5.74) is 0.594. The average Bonchev–Trinajstić information content (AvgIpc) is 2.82. The van der Waals surface area contributed by atoms with Crippen LogP contribution in [0.25, 0.3) is 6.08 Å². The molecule has 0 N–H and O–H groups in total. The fourth-order valence-electron chi connectivity index (χ4n) is 2.11. The number of ether oxygens (including phenoxy) is 3. The van der Waals surface area contributed by atoms with Crippen molar-refractivity contribution >= 4 is 29.0 Å². The number of amides is 2. The van der Waals surface area contributed by atoms with E-state index in [4.69, 9.17) is 20.6 Å². The summed E-state index contributed by atoms with van der Waals surface area (Å²) >= 11 is 0.835. The quantitative estimate of drug-likeness (QED) is 0.609. The molecule has 0 aromatic heterocycles. The number of terminal acetylenes is 1. The Kier molecular flexibility index (Phi) is 5.19. The molecule has 1 aliphatic rings. The summed E-state index contributed by atoms with van der Waals surface area (Å²) in [4.78, 5) is 25.3. The van der Waals surface area contributed by atoms with Crippen molar-refractivity contribution in [3.05, 3.63) is 22.6 Å². The number of thioether (sulfide) groups is 1. The van der Waals surface area contributed by atoms with E-state index < -0.39 is 11.1 Å². The van der Waals surface area contributed by atoms with Gasteiger partial charge in [0.15, 0.2) is 11.5 Å². The van der Waals surface area contributed by atoms with Crippen molar-refractivity contribution in [2.24, 2.45) is 0 Å². The highest BCUT2D eigenvalue weighted by atomic mass is 32.2. The molecule has 1 aromatic rings. The Bertz CT molecular complexity index is 720. The summed E-state index contributed by atoms with van der Waals surface area (Å²) in [7, 11) is 4.49. The predicted octanol–water partition coefficient (Wildman–Crippen LogP) is 2.38. The number of hydrogen-bond donors (Lipinski definition) is 0. The highest BCUT2D eigenvalue weighted by Gasteiger charge is 2.34. The molecule has 1 saturated heterocycles. The lowest BCUT2D eigenvalue weighted by atomic mass is 10.1. The molecule has 120 valence electrons. The molecule has 6 nitrogen and oxygen atoms in total. The van der Waals surface area contributed by atoms with Crippen molar-refractivity contribution in [2.45, 2.75) is 0 Å². The summed E-state index contributed by atoms with van der Waals surface area (Å²) < 4.78 is 15.9. The molecular weight excluding hydrogens is 318 g/mol. The summed E-state index contributed by atoms with van der Waals surface area (Å²) in [6, 6.07) is 3.41. The predicted molar refractivity (Wildman–Crippen MR) is 87.6 cm³/mol. The second-order valence-electron chi connectivity index (χ2n) is 4.40. The van der Waals surface area contributed by atoms with Crippen LogP contribution >= 0.6 is 11.8 Å². The molecule has 0 bridgehead atoms. The molecule has 7 heteroatoms. The second kappa shape index (κ2) is 7.11. The van der Waals surface area contributed by atoms with Crippen LogP contribution in [0.2, 0.25) is 0 Å². The first kappa shape index (κ1) is 16.8. The normalized spacial score (nSPS) is 15.7. The van der Waals surface area contributed by atoms with Gasteiger partial charge in [-0.1, -0.05) is 5.92 Å². The smallest absolute Gasteiger partial charge is 0.294 e. The van der Waals surface area contributed by atoms with Gasteiger partial charge in [0.25, 0.3) is 11.1 Å². The molecule has 0 aliphatic carbocycles. The van der Waals surface area contributed by atoms with Gasteiger partial charge in [-0.25, -0.2) is 0 Å². The monoisotopic (exact) mass is 333 g/mol. The van der Waals surface area contributed by atoms with E-state index in [1.54, 1.807) is 18.2 Å². The van der Waals surface area contributed by atoms with Crippen LogP contribution in [-0.4, -0.2) is 43.9 Å². The Morgan fingerprint density at radius 2 is 1.87 bits per heavy atom. The van der Waals surface area contributed by atoms with Gasteiger partial charge in [0.2, 0.25) is 5.75 Å². The number of carbonyl (C=O) groups excluding carboxylic acids is 2. The Balaban J connectivity index is 2.46. The molecule has 2 amide bonds. The topological polar surface area (TPSA) is 65.1 Å². The largest absolute Gasteiger partial charge is 0.493 e. The number of nitrogens with zero attached hydrogens (tertiary/aromatic N) is 1. The molecule has 2 rings (SSSR count). The van der Waals surface area contributed by atoms with E-state index in [0.717, 1.165) is 16.7 Å². The van der Waals surface area contributed by atoms with Crippen LogP contribution in [-0.2, 0) is 4.79 Å². The van der Waals surface area contributed by atoms with E-state index in [-0.39, 0.29) is 11.4 Å². The highest BCUT2D eigenvalue weighted by Crippen LogP contribution is 2.42. The molecule has 1 aliphatic heterocycles. The minimum absolute atomic E-state index is 0.0505. The van der Waals surface area contributed by atoms with Gasteiger partial charge >= 0.3 is 0 Å². The lowest BCUT2D eigenvalue weighted by molar-refractivity contribution is -0.122. The highest BCUT2D eigenvalue weighted by molar-refractivity contribution is 8.18. The Morgan fingerprint density at radius 3 is 2.43 bits per heavy atom. The molecule has 0 spiro atoms. The lowest BCUT2D eigenvalue weighted by Gasteiger charge is -2.14. The van der Waals surface area contributed by atoms with Gasteiger partial charge in [0.05, 0.1) is 32.8 Å².